The summed E-state index contributed by atoms with van der Waals surface area (Å²) in [4.78, 5) is 12.3. The lowest BCUT2D eigenvalue weighted by Crippen LogP contribution is -2.38. The van der Waals surface area contributed by atoms with Crippen molar-refractivity contribution in [2.45, 2.75) is 75.0 Å². The molecule has 1 aliphatic heterocycles. The van der Waals surface area contributed by atoms with Gasteiger partial charge in [0.15, 0.2) is 5.75 Å². The maximum absolute atomic E-state index is 13.2. The first-order chi connectivity index (χ1) is 19.5. The highest BCUT2D eigenvalue weighted by Crippen LogP contribution is 2.38. The van der Waals surface area contributed by atoms with Crippen LogP contribution in [0.3, 0.4) is 0 Å². The number of alkyl halides is 3. The summed E-state index contributed by atoms with van der Waals surface area (Å²) >= 11 is 0. The largest absolute Gasteiger partial charge is 0.416 e. The van der Waals surface area contributed by atoms with E-state index in [0.29, 0.717) is 17.3 Å². The van der Waals surface area contributed by atoms with Crippen LogP contribution in [-0.4, -0.2) is 43.2 Å². The summed E-state index contributed by atoms with van der Waals surface area (Å²) in [6.07, 6.45) is 1.36. The summed E-state index contributed by atoms with van der Waals surface area (Å²) < 4.78 is 73.0. The van der Waals surface area contributed by atoms with E-state index in [0.717, 1.165) is 81.1 Å². The highest BCUT2D eigenvalue weighted by atomic mass is 32.2. The molecular formula is C29H33F3N4O4S. The molecule has 0 radical (unpaired) electrons. The number of halogens is 3. The topological polar surface area (TPSA) is 102 Å². The van der Waals surface area contributed by atoms with Crippen LogP contribution in [0.25, 0.3) is 11.3 Å². The van der Waals surface area contributed by atoms with E-state index in [1.165, 1.54) is 6.07 Å². The monoisotopic (exact) mass is 590 g/mol. The molecule has 1 aliphatic carbocycles. The molecule has 0 bridgehead atoms. The zero-order chi connectivity index (χ0) is 29.2. The van der Waals surface area contributed by atoms with Gasteiger partial charge in [0.2, 0.25) is 5.91 Å². The van der Waals surface area contributed by atoms with Gasteiger partial charge in [-0.3, -0.25) is 9.48 Å². The number of benzene rings is 2. The Morgan fingerprint density at radius 3 is 2.59 bits per heavy atom. The maximum Gasteiger partial charge on any atom is 0.416 e. The van der Waals surface area contributed by atoms with Gasteiger partial charge in [-0.15, -0.1) is 0 Å². The first kappa shape index (κ1) is 29.1. The summed E-state index contributed by atoms with van der Waals surface area (Å²) in [7, 11) is -4.60. The Balaban J connectivity index is 1.48. The molecule has 2 aromatic carbocycles. The Morgan fingerprint density at radius 2 is 1.88 bits per heavy atom. The highest BCUT2D eigenvalue weighted by Gasteiger charge is 2.32. The van der Waals surface area contributed by atoms with E-state index in [4.69, 9.17) is 9.28 Å². The van der Waals surface area contributed by atoms with Gasteiger partial charge < -0.3 is 14.8 Å². The van der Waals surface area contributed by atoms with Crippen LogP contribution in [0, 0.1) is 6.92 Å². The Labute approximate surface area is 237 Å². The van der Waals surface area contributed by atoms with Crippen LogP contribution in [-0.2, 0) is 27.6 Å². The molecule has 3 aromatic rings. The maximum atomic E-state index is 13.2. The molecule has 1 saturated heterocycles. The first-order valence-electron chi connectivity index (χ1n) is 13.8. The van der Waals surface area contributed by atoms with Gasteiger partial charge in [-0.25, -0.2) is 0 Å². The fourth-order valence-electron chi connectivity index (χ4n) is 5.51. The van der Waals surface area contributed by atoms with Crippen LogP contribution in [0.15, 0.2) is 53.4 Å². The van der Waals surface area contributed by atoms with Crippen LogP contribution >= 0.6 is 0 Å². The van der Waals surface area contributed by atoms with E-state index >= 15 is 0 Å². The number of nitrogens with one attached hydrogen (secondary N) is 2. The Kier molecular flexibility index (Phi) is 8.42. The number of amides is 1. The molecule has 12 heteroatoms. The fraction of sp³-hybridized carbons (Fsp3) is 0.448. The van der Waals surface area contributed by atoms with Crippen molar-refractivity contribution in [1.29, 1.82) is 0 Å². The van der Waals surface area contributed by atoms with Crippen molar-refractivity contribution in [3.8, 4) is 17.0 Å². The van der Waals surface area contributed by atoms with Crippen LogP contribution in [0.5, 0.6) is 5.75 Å². The predicted molar refractivity (Wildman–Crippen MR) is 147 cm³/mol. The van der Waals surface area contributed by atoms with Crippen molar-refractivity contribution in [3.63, 3.8) is 0 Å². The third-order valence-corrected chi connectivity index (χ3v) is 8.84. The van der Waals surface area contributed by atoms with E-state index in [-0.39, 0.29) is 30.2 Å². The number of carbonyl (C=O) groups excluding carboxylic acids is 1. The van der Waals surface area contributed by atoms with Crippen LogP contribution in [0.4, 0.5) is 13.2 Å². The van der Waals surface area contributed by atoms with Crippen molar-refractivity contribution < 1.29 is 30.6 Å². The molecule has 41 heavy (non-hydrogen) atoms. The zero-order valence-electron chi connectivity index (χ0n) is 22.7. The number of aryl methyl sites for hydroxylation is 1. The number of hydrogen-bond donors (Lipinski definition) is 2. The molecule has 5 rings (SSSR count). The second kappa shape index (κ2) is 11.8. The van der Waals surface area contributed by atoms with Gasteiger partial charge in [0.1, 0.15) is 11.4 Å². The minimum atomic E-state index is -4.70. The normalized spacial score (nSPS) is 18.4. The molecule has 2 fully saturated rings. The molecule has 2 N–H and O–H groups in total. The Hall–Kier alpha value is -3.38. The molecule has 8 nitrogen and oxygen atoms in total. The summed E-state index contributed by atoms with van der Waals surface area (Å²) in [5.41, 5.74) is 1.42. The molecule has 0 spiro atoms. The van der Waals surface area contributed by atoms with Crippen LogP contribution in [0.2, 0.25) is 0 Å². The summed E-state index contributed by atoms with van der Waals surface area (Å²) in [5.74, 6) is -0.0125. The third kappa shape index (κ3) is 6.92. The SMILES string of the molecule is Cc1ccc(OS(=O)(=O)c2cccc(C(F)(F)F)c2)c(-c2cc(C3CCCCC3)n(CC(=O)N[C@@H]3CCNC3)n2)c1. The van der Waals surface area contributed by atoms with Gasteiger partial charge >= 0.3 is 16.3 Å². The Bertz CT molecular complexity index is 1510. The van der Waals surface area contributed by atoms with Crippen molar-refractivity contribution in [1.82, 2.24) is 20.4 Å². The van der Waals surface area contributed by atoms with Crippen molar-refractivity contribution in [2.75, 3.05) is 13.1 Å². The quantitative estimate of drug-likeness (QED) is 0.351. The van der Waals surface area contributed by atoms with E-state index in [1.807, 2.05) is 13.0 Å². The van der Waals surface area contributed by atoms with E-state index in [9.17, 15) is 26.4 Å². The number of nitrogens with zero attached hydrogens (tertiary/aromatic N) is 2. The smallest absolute Gasteiger partial charge is 0.378 e. The van der Waals surface area contributed by atoms with Gasteiger partial charge in [-0.2, -0.15) is 26.7 Å². The molecule has 1 aromatic heterocycles. The molecule has 2 heterocycles. The molecule has 1 saturated carbocycles. The van der Waals surface area contributed by atoms with Crippen molar-refractivity contribution in [3.05, 3.63) is 65.4 Å². The molecule has 220 valence electrons. The predicted octanol–water partition coefficient (Wildman–Crippen LogP) is 5.17. The van der Waals surface area contributed by atoms with E-state index in [2.05, 4.69) is 10.6 Å². The fourth-order valence-corrected chi connectivity index (χ4v) is 6.51. The number of hydrogen-bond acceptors (Lipinski definition) is 6. The molecule has 2 aliphatic rings. The third-order valence-electron chi connectivity index (χ3n) is 7.61. The molecule has 1 atom stereocenters. The summed E-state index contributed by atoms with van der Waals surface area (Å²) in [5, 5.41) is 11.0. The lowest BCUT2D eigenvalue weighted by atomic mass is 9.86. The van der Waals surface area contributed by atoms with Gasteiger partial charge in [-0.1, -0.05) is 37.0 Å². The van der Waals surface area contributed by atoms with Gasteiger partial charge in [-0.05, 0) is 69.1 Å². The lowest BCUT2D eigenvalue weighted by molar-refractivity contribution is -0.137. The minimum Gasteiger partial charge on any atom is -0.378 e. The molecule has 1 amide bonds. The standard InChI is InChI=1S/C29H33F3N4O4S/c1-19-10-11-27(40-41(38,39)23-9-5-8-21(15-23)29(30,31)32)24(14-19)25-16-26(20-6-3-2-4-7-20)36(35-25)18-28(37)34-22-12-13-33-17-22/h5,8-11,14-16,20,22,33H,2-4,6-7,12-13,17-18H2,1H3,(H,34,37)/t22-/m1/s1. The number of aromatic nitrogens is 2. The summed E-state index contributed by atoms with van der Waals surface area (Å²) in [6.45, 7) is 3.42. The average molecular weight is 591 g/mol. The Morgan fingerprint density at radius 1 is 1.10 bits per heavy atom. The molecular weight excluding hydrogens is 557 g/mol. The highest BCUT2D eigenvalue weighted by molar-refractivity contribution is 7.87. The second-order valence-electron chi connectivity index (χ2n) is 10.8. The minimum absolute atomic E-state index is 0.0207. The van der Waals surface area contributed by atoms with E-state index < -0.39 is 26.8 Å². The van der Waals surface area contributed by atoms with Gasteiger partial charge in [0.05, 0.1) is 11.3 Å². The lowest BCUT2D eigenvalue weighted by Gasteiger charge is -2.22. The second-order valence-corrected chi connectivity index (χ2v) is 12.3. The van der Waals surface area contributed by atoms with Crippen LogP contribution < -0.4 is 14.8 Å². The average Bonchev–Trinajstić information content (AvgIpc) is 3.60. The zero-order valence-corrected chi connectivity index (χ0v) is 23.5. The summed E-state index contributed by atoms with van der Waals surface area (Å²) in [6, 6.07) is 10.2. The molecule has 0 unspecified atom stereocenters. The first-order valence-corrected chi connectivity index (χ1v) is 15.2. The number of carbonyl (C=O) groups is 1. The van der Waals surface area contributed by atoms with Crippen molar-refractivity contribution in [2.24, 2.45) is 0 Å². The van der Waals surface area contributed by atoms with Crippen LogP contribution in [0.1, 0.15) is 61.3 Å². The van der Waals surface area contributed by atoms with Gasteiger partial charge in [0, 0.05) is 29.8 Å². The van der Waals surface area contributed by atoms with Gasteiger partial charge in [0.25, 0.3) is 0 Å². The number of rotatable bonds is 8. The van der Waals surface area contributed by atoms with Crippen molar-refractivity contribution >= 4 is 16.0 Å². The van der Waals surface area contributed by atoms with E-state index in [1.54, 1.807) is 16.8 Å².